The highest BCUT2D eigenvalue weighted by Gasteiger charge is 2.14. The van der Waals surface area contributed by atoms with Gasteiger partial charge in [-0.05, 0) is 30.3 Å². The molecule has 8 nitrogen and oxygen atoms in total. The topological polar surface area (TPSA) is 112 Å². The summed E-state index contributed by atoms with van der Waals surface area (Å²) in [7, 11) is 0. The molecule has 8 heteroatoms. The van der Waals surface area contributed by atoms with E-state index in [9.17, 15) is 4.79 Å². The summed E-state index contributed by atoms with van der Waals surface area (Å²) in [6, 6.07) is 9.78. The van der Waals surface area contributed by atoms with E-state index in [1.54, 1.807) is 24.8 Å². The number of anilines is 1. The summed E-state index contributed by atoms with van der Waals surface area (Å²) in [6.45, 7) is 3.70. The number of hydrogen-bond donors (Lipinski definition) is 3. The molecule has 30 heavy (non-hydrogen) atoms. The number of fused-ring (bicyclic) bond motifs is 2. The zero-order valence-electron chi connectivity index (χ0n) is 16.5. The summed E-state index contributed by atoms with van der Waals surface area (Å²) in [5, 5.41) is 12.3. The van der Waals surface area contributed by atoms with Gasteiger partial charge in [-0.15, -0.1) is 0 Å². The normalized spacial score (nSPS) is 11.4. The molecule has 0 radical (unpaired) electrons. The summed E-state index contributed by atoms with van der Waals surface area (Å²) in [4.78, 5) is 28.5. The fraction of sp³-hybridized carbons (Fsp3) is 0.136. The largest absolute Gasteiger partial charge is 0.338 e. The van der Waals surface area contributed by atoms with Gasteiger partial charge in [0.05, 0.1) is 35.0 Å². The Balaban J connectivity index is 1.55. The lowest BCUT2D eigenvalue weighted by atomic mass is 10.1. The van der Waals surface area contributed by atoms with Gasteiger partial charge in [-0.1, -0.05) is 13.8 Å². The second-order valence-electron chi connectivity index (χ2n) is 7.42. The van der Waals surface area contributed by atoms with E-state index in [4.69, 9.17) is 0 Å². The molecule has 0 bridgehead atoms. The Bertz CT molecular complexity index is 1350. The van der Waals surface area contributed by atoms with Gasteiger partial charge in [0.25, 0.3) is 0 Å². The third-order valence-corrected chi connectivity index (χ3v) is 4.92. The van der Waals surface area contributed by atoms with Gasteiger partial charge in [-0.2, -0.15) is 5.10 Å². The van der Waals surface area contributed by atoms with Gasteiger partial charge in [0.1, 0.15) is 11.3 Å². The molecule has 0 aromatic carbocycles. The average molecular weight is 397 g/mol. The Morgan fingerprint density at radius 1 is 1.10 bits per heavy atom. The Kier molecular flexibility index (Phi) is 4.24. The maximum Gasteiger partial charge on any atom is 0.226 e. The molecule has 0 aliphatic heterocycles. The molecule has 0 aliphatic carbocycles. The molecule has 0 fully saturated rings. The number of hydrogen-bond acceptors (Lipinski definition) is 5. The van der Waals surface area contributed by atoms with Crippen LogP contribution in [0.2, 0.25) is 0 Å². The van der Waals surface area contributed by atoms with Crippen LogP contribution in [0.1, 0.15) is 13.8 Å². The summed E-state index contributed by atoms with van der Waals surface area (Å²) in [5.74, 6) is -0.163. The van der Waals surface area contributed by atoms with Gasteiger partial charge >= 0.3 is 0 Å². The first-order valence-electron chi connectivity index (χ1n) is 9.63. The minimum Gasteiger partial charge on any atom is -0.338 e. The number of nitrogens with zero attached hydrogens (tertiary/aromatic N) is 4. The Morgan fingerprint density at radius 2 is 2.00 bits per heavy atom. The maximum absolute atomic E-state index is 12.0. The van der Waals surface area contributed by atoms with Crippen molar-refractivity contribution in [1.29, 1.82) is 0 Å². The van der Waals surface area contributed by atoms with E-state index < -0.39 is 0 Å². The van der Waals surface area contributed by atoms with Gasteiger partial charge < -0.3 is 10.3 Å². The minimum absolute atomic E-state index is 0.0538. The molecule has 1 amide bonds. The monoisotopic (exact) mass is 397 g/mol. The van der Waals surface area contributed by atoms with Crippen LogP contribution in [0.25, 0.3) is 44.6 Å². The molecule has 0 saturated carbocycles. The quantitative estimate of drug-likeness (QED) is 0.422. The predicted octanol–water partition coefficient (Wildman–Crippen LogP) is 4.16. The first-order valence-corrected chi connectivity index (χ1v) is 9.63. The second-order valence-corrected chi connectivity index (χ2v) is 7.42. The van der Waals surface area contributed by atoms with E-state index >= 15 is 0 Å². The first kappa shape index (κ1) is 18.0. The second kappa shape index (κ2) is 7.07. The fourth-order valence-electron chi connectivity index (χ4n) is 3.30. The van der Waals surface area contributed by atoms with Crippen LogP contribution in [-0.4, -0.2) is 36.0 Å². The van der Waals surface area contributed by atoms with Crippen LogP contribution in [0.5, 0.6) is 0 Å². The van der Waals surface area contributed by atoms with Crippen molar-refractivity contribution in [2.24, 2.45) is 5.92 Å². The highest BCUT2D eigenvalue weighted by Crippen LogP contribution is 2.30. The van der Waals surface area contributed by atoms with Crippen LogP contribution in [0, 0.1) is 5.92 Å². The molecule has 0 aliphatic rings. The summed E-state index contributed by atoms with van der Waals surface area (Å²) >= 11 is 0. The molecule has 5 heterocycles. The summed E-state index contributed by atoms with van der Waals surface area (Å²) in [5.41, 5.74) is 5.51. The molecular formula is C22H19N7O. The Morgan fingerprint density at radius 3 is 2.83 bits per heavy atom. The fourth-order valence-corrected chi connectivity index (χ4v) is 3.30. The van der Waals surface area contributed by atoms with Gasteiger partial charge in [0.2, 0.25) is 5.91 Å². The number of H-pyrrole nitrogens is 2. The van der Waals surface area contributed by atoms with Crippen LogP contribution in [0.4, 0.5) is 5.69 Å². The Hall–Kier alpha value is -4.07. The van der Waals surface area contributed by atoms with Gasteiger partial charge in [-0.3, -0.25) is 19.9 Å². The zero-order valence-corrected chi connectivity index (χ0v) is 16.5. The van der Waals surface area contributed by atoms with Crippen LogP contribution in [0.15, 0.2) is 55.1 Å². The molecule has 0 spiro atoms. The number of aromatic amines is 2. The van der Waals surface area contributed by atoms with Crippen molar-refractivity contribution in [3.63, 3.8) is 0 Å². The van der Waals surface area contributed by atoms with Gasteiger partial charge in [-0.25, -0.2) is 4.98 Å². The van der Waals surface area contributed by atoms with Crippen LogP contribution < -0.4 is 5.32 Å². The van der Waals surface area contributed by atoms with E-state index in [1.165, 1.54) is 0 Å². The first-order chi connectivity index (χ1) is 14.6. The maximum atomic E-state index is 12.0. The van der Waals surface area contributed by atoms with Crippen molar-refractivity contribution in [1.82, 2.24) is 30.1 Å². The standard InChI is InChI=1S/C22H19N7O/c1-12(2)22(30)26-15-6-14(9-23-10-15)17-8-16-19(11-25-17)28-29-20(16)18-7-13-4-3-5-24-21(13)27-18/h3-12H,1-2H3,(H,24,27)(H,26,30)(H,28,29). The number of carbonyl (C=O) groups excluding carboxylic acids is 1. The van der Waals surface area contributed by atoms with Crippen LogP contribution >= 0.6 is 0 Å². The van der Waals surface area contributed by atoms with Gasteiger partial charge in [0.15, 0.2) is 0 Å². The van der Waals surface area contributed by atoms with Crippen molar-refractivity contribution in [3.05, 3.63) is 55.1 Å². The van der Waals surface area contributed by atoms with Crippen molar-refractivity contribution < 1.29 is 4.79 Å². The lowest BCUT2D eigenvalue weighted by Crippen LogP contribution is -2.17. The smallest absolute Gasteiger partial charge is 0.226 e. The van der Waals surface area contributed by atoms with Crippen molar-refractivity contribution in [3.8, 4) is 22.6 Å². The van der Waals surface area contributed by atoms with Crippen LogP contribution in [0.3, 0.4) is 0 Å². The van der Waals surface area contributed by atoms with Crippen molar-refractivity contribution in [2.75, 3.05) is 5.32 Å². The number of aromatic nitrogens is 6. The lowest BCUT2D eigenvalue weighted by molar-refractivity contribution is -0.118. The lowest BCUT2D eigenvalue weighted by Gasteiger charge is -2.08. The van der Waals surface area contributed by atoms with Gasteiger partial charge in [0, 0.05) is 34.6 Å². The number of nitrogens with one attached hydrogen (secondary N) is 3. The molecule has 148 valence electrons. The van der Waals surface area contributed by atoms with E-state index in [1.807, 2.05) is 44.2 Å². The summed E-state index contributed by atoms with van der Waals surface area (Å²) < 4.78 is 0. The number of pyridine rings is 3. The predicted molar refractivity (Wildman–Crippen MR) is 116 cm³/mol. The molecule has 0 saturated heterocycles. The van der Waals surface area contributed by atoms with Crippen molar-refractivity contribution >= 4 is 33.5 Å². The molecule has 5 rings (SSSR count). The summed E-state index contributed by atoms with van der Waals surface area (Å²) in [6.07, 6.45) is 6.86. The van der Waals surface area contributed by atoms with E-state index in [2.05, 4.69) is 35.5 Å². The average Bonchev–Trinajstić information content (AvgIpc) is 3.37. The highest BCUT2D eigenvalue weighted by atomic mass is 16.1. The van der Waals surface area contributed by atoms with E-state index in [0.717, 1.165) is 44.6 Å². The Labute approximate surface area is 171 Å². The highest BCUT2D eigenvalue weighted by molar-refractivity contribution is 5.96. The van der Waals surface area contributed by atoms with Crippen LogP contribution in [-0.2, 0) is 4.79 Å². The molecule has 3 N–H and O–H groups in total. The zero-order chi connectivity index (χ0) is 20.7. The molecule has 0 unspecified atom stereocenters. The molecule has 5 aromatic rings. The third kappa shape index (κ3) is 3.18. The number of rotatable bonds is 4. The van der Waals surface area contributed by atoms with E-state index in [-0.39, 0.29) is 11.8 Å². The third-order valence-electron chi connectivity index (χ3n) is 4.92. The SMILES string of the molecule is CC(C)C(=O)Nc1cncc(-c2cc3c(-c4cc5cccnc5[nH]4)n[nH]c3cn2)c1. The molecule has 5 aromatic heterocycles. The van der Waals surface area contributed by atoms with E-state index in [0.29, 0.717) is 5.69 Å². The molecular weight excluding hydrogens is 378 g/mol. The minimum atomic E-state index is -0.109. The van der Waals surface area contributed by atoms with Crippen molar-refractivity contribution in [2.45, 2.75) is 13.8 Å². The number of carbonyl (C=O) groups is 1. The molecule has 0 atom stereocenters. The number of amides is 1.